The first-order chi connectivity index (χ1) is 17.7. The van der Waals surface area contributed by atoms with Crippen molar-refractivity contribution in [3.8, 4) is 0 Å². The molecule has 0 bridgehead atoms. The SMILES string of the molecule is CC(=O)Nc1ccc(S(=O)(=O)N2CC=C(c3c(C)n(Cc4ccc(Cl)cc4)c4ccccc34)CC2)cc1. The highest BCUT2D eigenvalue weighted by Crippen LogP contribution is 2.36. The molecule has 0 radical (unpaired) electrons. The van der Waals surface area contributed by atoms with E-state index in [1.807, 2.05) is 42.5 Å². The normalized spacial score (nSPS) is 14.5. The molecule has 0 saturated carbocycles. The van der Waals surface area contributed by atoms with Crippen LogP contribution < -0.4 is 5.32 Å². The van der Waals surface area contributed by atoms with E-state index in [0.717, 1.165) is 23.3 Å². The van der Waals surface area contributed by atoms with Crippen LogP contribution >= 0.6 is 11.6 Å². The molecule has 37 heavy (non-hydrogen) atoms. The number of amides is 1. The van der Waals surface area contributed by atoms with Crippen LogP contribution in [0, 0.1) is 6.92 Å². The van der Waals surface area contributed by atoms with Crippen LogP contribution in [0.2, 0.25) is 5.02 Å². The first-order valence-corrected chi connectivity index (χ1v) is 14.0. The fraction of sp³-hybridized carbons (Fsp3) is 0.207. The van der Waals surface area contributed by atoms with Gasteiger partial charge < -0.3 is 9.88 Å². The fourth-order valence-corrected chi connectivity index (χ4v) is 6.48. The Hall–Kier alpha value is -3.39. The second-order valence-corrected chi connectivity index (χ2v) is 11.6. The predicted octanol–water partition coefficient (Wildman–Crippen LogP) is 6.09. The molecule has 1 amide bonds. The van der Waals surface area contributed by atoms with Crippen LogP contribution in [0.4, 0.5) is 5.69 Å². The summed E-state index contributed by atoms with van der Waals surface area (Å²) >= 11 is 6.08. The van der Waals surface area contributed by atoms with E-state index < -0.39 is 10.0 Å². The Kier molecular flexibility index (Phi) is 6.94. The molecule has 8 heteroatoms. The molecule has 2 heterocycles. The second-order valence-electron chi connectivity index (χ2n) is 9.24. The molecule has 3 aromatic carbocycles. The van der Waals surface area contributed by atoms with Gasteiger partial charge in [-0.25, -0.2) is 8.42 Å². The predicted molar refractivity (Wildman–Crippen MR) is 149 cm³/mol. The zero-order chi connectivity index (χ0) is 26.2. The van der Waals surface area contributed by atoms with E-state index in [-0.39, 0.29) is 10.8 Å². The Morgan fingerprint density at radius 2 is 1.70 bits per heavy atom. The van der Waals surface area contributed by atoms with Gasteiger partial charge in [0.05, 0.1) is 4.90 Å². The highest BCUT2D eigenvalue weighted by molar-refractivity contribution is 7.89. The number of aromatic nitrogens is 1. The lowest BCUT2D eigenvalue weighted by Crippen LogP contribution is -2.34. The van der Waals surface area contributed by atoms with E-state index in [1.54, 1.807) is 12.1 Å². The Bertz CT molecular complexity index is 1600. The van der Waals surface area contributed by atoms with Crippen molar-refractivity contribution in [1.82, 2.24) is 8.87 Å². The topological polar surface area (TPSA) is 71.4 Å². The van der Waals surface area contributed by atoms with Gasteiger partial charge in [0.15, 0.2) is 0 Å². The Morgan fingerprint density at radius 3 is 2.35 bits per heavy atom. The van der Waals surface area contributed by atoms with Crippen LogP contribution in [0.3, 0.4) is 0 Å². The van der Waals surface area contributed by atoms with Gasteiger partial charge >= 0.3 is 0 Å². The Balaban J connectivity index is 1.42. The summed E-state index contributed by atoms with van der Waals surface area (Å²) in [7, 11) is -3.64. The summed E-state index contributed by atoms with van der Waals surface area (Å²) < 4.78 is 30.4. The van der Waals surface area contributed by atoms with E-state index in [2.05, 4.69) is 28.9 Å². The number of carbonyl (C=O) groups is 1. The Labute approximate surface area is 222 Å². The van der Waals surface area contributed by atoms with Crippen LogP contribution in [-0.2, 0) is 21.4 Å². The number of carbonyl (C=O) groups excluding carboxylic acids is 1. The summed E-state index contributed by atoms with van der Waals surface area (Å²) in [4.78, 5) is 11.5. The molecule has 0 unspecified atom stereocenters. The number of anilines is 1. The maximum absolute atomic E-state index is 13.3. The highest BCUT2D eigenvalue weighted by Gasteiger charge is 2.28. The number of nitrogens with zero attached hydrogens (tertiary/aromatic N) is 2. The molecule has 6 nitrogen and oxygen atoms in total. The largest absolute Gasteiger partial charge is 0.340 e. The zero-order valence-corrected chi connectivity index (χ0v) is 22.3. The van der Waals surface area contributed by atoms with Crippen LogP contribution in [0.25, 0.3) is 16.5 Å². The molecule has 0 aliphatic carbocycles. The highest BCUT2D eigenvalue weighted by atomic mass is 35.5. The van der Waals surface area contributed by atoms with Gasteiger partial charge in [0.1, 0.15) is 0 Å². The van der Waals surface area contributed by atoms with Crippen LogP contribution in [0.15, 0.2) is 83.8 Å². The van der Waals surface area contributed by atoms with Crippen molar-refractivity contribution >= 4 is 49.7 Å². The van der Waals surface area contributed by atoms with Crippen molar-refractivity contribution < 1.29 is 13.2 Å². The lowest BCUT2D eigenvalue weighted by molar-refractivity contribution is -0.114. The monoisotopic (exact) mass is 533 g/mol. The molecule has 0 spiro atoms. The molecule has 4 aromatic rings. The standard InChI is InChI=1S/C29H28ClN3O3S/c1-20-29(27-5-3-4-6-28(27)33(20)19-22-7-9-24(30)10-8-22)23-15-17-32(18-16-23)37(35,36)26-13-11-25(12-14-26)31-21(2)34/h3-15H,16-19H2,1-2H3,(H,31,34). The maximum atomic E-state index is 13.3. The minimum Gasteiger partial charge on any atom is -0.340 e. The number of nitrogens with one attached hydrogen (secondary N) is 1. The zero-order valence-electron chi connectivity index (χ0n) is 20.7. The molecule has 0 saturated heterocycles. The number of hydrogen-bond acceptors (Lipinski definition) is 3. The van der Waals surface area contributed by atoms with Gasteiger partial charge in [0, 0.05) is 59.4 Å². The van der Waals surface area contributed by atoms with Crippen molar-refractivity contribution in [3.05, 3.63) is 101 Å². The Morgan fingerprint density at radius 1 is 1.00 bits per heavy atom. The van der Waals surface area contributed by atoms with Crippen molar-refractivity contribution in [2.75, 3.05) is 18.4 Å². The van der Waals surface area contributed by atoms with E-state index in [1.165, 1.54) is 39.9 Å². The van der Waals surface area contributed by atoms with Gasteiger partial charge in [-0.05, 0) is 66.9 Å². The van der Waals surface area contributed by atoms with E-state index >= 15 is 0 Å². The van der Waals surface area contributed by atoms with Gasteiger partial charge in [0.25, 0.3) is 0 Å². The first kappa shape index (κ1) is 25.3. The quantitative estimate of drug-likeness (QED) is 0.326. The summed E-state index contributed by atoms with van der Waals surface area (Å²) in [5, 5.41) is 4.55. The molecular weight excluding hydrogens is 506 g/mol. The molecule has 190 valence electrons. The number of hydrogen-bond donors (Lipinski definition) is 1. The first-order valence-electron chi connectivity index (χ1n) is 12.1. The van der Waals surface area contributed by atoms with Gasteiger partial charge in [-0.3, -0.25) is 4.79 Å². The van der Waals surface area contributed by atoms with E-state index in [9.17, 15) is 13.2 Å². The van der Waals surface area contributed by atoms with E-state index in [0.29, 0.717) is 30.2 Å². The van der Waals surface area contributed by atoms with Crippen molar-refractivity contribution in [2.24, 2.45) is 0 Å². The van der Waals surface area contributed by atoms with Gasteiger partial charge in [-0.1, -0.05) is 48.0 Å². The second kappa shape index (κ2) is 10.2. The third-order valence-electron chi connectivity index (χ3n) is 6.79. The number of fused-ring (bicyclic) bond motifs is 1. The van der Waals surface area contributed by atoms with Crippen LogP contribution in [-0.4, -0.2) is 36.3 Å². The molecule has 1 N–H and O–H groups in total. The molecule has 5 rings (SSSR count). The number of halogens is 1. The maximum Gasteiger partial charge on any atom is 0.243 e. The third-order valence-corrected chi connectivity index (χ3v) is 8.92. The summed E-state index contributed by atoms with van der Waals surface area (Å²) in [5.41, 5.74) is 6.39. The molecule has 1 aliphatic rings. The van der Waals surface area contributed by atoms with Crippen LogP contribution in [0.1, 0.15) is 30.2 Å². The summed E-state index contributed by atoms with van der Waals surface area (Å²) in [5.74, 6) is -0.200. The van der Waals surface area contributed by atoms with E-state index in [4.69, 9.17) is 11.6 Å². The smallest absolute Gasteiger partial charge is 0.243 e. The molecule has 1 aromatic heterocycles. The van der Waals surface area contributed by atoms with Gasteiger partial charge in [-0.15, -0.1) is 0 Å². The lowest BCUT2D eigenvalue weighted by Gasteiger charge is -2.26. The number of para-hydroxylation sites is 1. The molecule has 0 fully saturated rings. The van der Waals surface area contributed by atoms with Crippen molar-refractivity contribution in [2.45, 2.75) is 31.7 Å². The lowest BCUT2D eigenvalue weighted by atomic mass is 9.97. The summed E-state index contributed by atoms with van der Waals surface area (Å²) in [6.45, 7) is 4.98. The molecular formula is C29H28ClN3O3S. The van der Waals surface area contributed by atoms with Gasteiger partial charge in [-0.2, -0.15) is 4.31 Å². The van der Waals surface area contributed by atoms with Gasteiger partial charge in [0.2, 0.25) is 15.9 Å². The molecule has 0 atom stereocenters. The molecule has 1 aliphatic heterocycles. The van der Waals surface area contributed by atoms with Crippen LogP contribution in [0.5, 0.6) is 0 Å². The summed E-state index contributed by atoms with van der Waals surface area (Å²) in [6.07, 6.45) is 2.66. The number of sulfonamides is 1. The minimum atomic E-state index is -3.64. The number of benzene rings is 3. The van der Waals surface area contributed by atoms with Crippen molar-refractivity contribution in [3.63, 3.8) is 0 Å². The average Bonchev–Trinajstić information content (AvgIpc) is 3.16. The fourth-order valence-electron chi connectivity index (χ4n) is 4.97. The average molecular weight is 534 g/mol. The minimum absolute atomic E-state index is 0.200. The van der Waals surface area contributed by atoms with Crippen molar-refractivity contribution in [1.29, 1.82) is 0 Å². The summed E-state index contributed by atoms with van der Waals surface area (Å²) in [6, 6.07) is 22.6. The number of rotatable bonds is 6. The third kappa shape index (κ3) is 5.07.